The zero-order valence-electron chi connectivity index (χ0n) is 11.5. The van der Waals surface area contributed by atoms with E-state index in [0.29, 0.717) is 0 Å². The average Bonchev–Trinajstić information content (AvgIpc) is 2.74. The van der Waals surface area contributed by atoms with E-state index >= 15 is 0 Å². The third kappa shape index (κ3) is 2.36. The van der Waals surface area contributed by atoms with Crippen molar-refractivity contribution in [2.75, 3.05) is 0 Å². The minimum atomic E-state index is 0.0757. The van der Waals surface area contributed by atoms with E-state index in [2.05, 4.69) is 4.99 Å². The molecule has 4 nitrogen and oxygen atoms in total. The number of hydrogen-bond donors (Lipinski definition) is 0. The van der Waals surface area contributed by atoms with E-state index in [-0.39, 0.29) is 4.87 Å². The quantitative estimate of drug-likeness (QED) is 0.798. The van der Waals surface area contributed by atoms with Gasteiger partial charge in [0.15, 0.2) is 0 Å². The summed E-state index contributed by atoms with van der Waals surface area (Å²) in [5.74, 6) is 0. The molecule has 0 fully saturated rings. The summed E-state index contributed by atoms with van der Waals surface area (Å²) in [6.45, 7) is 5.61. The molecule has 3 rings (SSSR count). The normalized spacial score (nSPS) is 15.4. The first-order valence-electron chi connectivity index (χ1n) is 6.68. The summed E-state index contributed by atoms with van der Waals surface area (Å²) < 4.78 is 3.80. The van der Waals surface area contributed by atoms with Crippen LogP contribution in [-0.2, 0) is 13.1 Å². The van der Waals surface area contributed by atoms with Gasteiger partial charge in [-0.25, -0.2) is 9.67 Å². The first-order chi connectivity index (χ1) is 9.56. The second-order valence-corrected chi connectivity index (χ2v) is 6.43. The topological polar surface area (TPSA) is 39.3 Å². The Bertz CT molecular complexity index is 785. The molecule has 1 aliphatic rings. The number of fused-ring (bicyclic) bond motifs is 1. The van der Waals surface area contributed by atoms with Gasteiger partial charge in [-0.3, -0.25) is 9.48 Å². The molecule has 0 unspecified atom stereocenters. The predicted octanol–water partition coefficient (Wildman–Crippen LogP) is 3.01. The summed E-state index contributed by atoms with van der Waals surface area (Å²) in [6, 6.07) is 3.90. The van der Waals surface area contributed by atoms with Gasteiger partial charge in [-0.15, -0.1) is 0 Å². The highest BCUT2D eigenvalue weighted by Gasteiger charge is 2.13. The van der Waals surface area contributed by atoms with E-state index in [1.165, 1.54) is 11.3 Å². The first kappa shape index (κ1) is 13.6. The van der Waals surface area contributed by atoms with E-state index in [9.17, 15) is 4.79 Å². The highest BCUT2D eigenvalue weighted by atomic mass is 35.5. The van der Waals surface area contributed by atoms with Crippen LogP contribution < -0.4 is 9.67 Å². The van der Waals surface area contributed by atoms with Crippen molar-refractivity contribution in [3.8, 4) is 0 Å². The molecule has 0 amide bonds. The van der Waals surface area contributed by atoms with Crippen molar-refractivity contribution in [2.45, 2.75) is 39.8 Å². The predicted molar refractivity (Wildman–Crippen MR) is 82.0 cm³/mol. The smallest absolute Gasteiger partial charge is 0.256 e. The minimum Gasteiger partial charge on any atom is -0.256 e. The van der Waals surface area contributed by atoms with Crippen molar-refractivity contribution < 1.29 is 0 Å². The maximum atomic E-state index is 12.0. The van der Waals surface area contributed by atoms with Gasteiger partial charge < -0.3 is 0 Å². The number of benzene rings is 1. The molecular formula is C14H16ClN3OS. The van der Waals surface area contributed by atoms with Crippen molar-refractivity contribution in [1.29, 1.82) is 0 Å². The minimum absolute atomic E-state index is 0.0757. The molecule has 0 aliphatic carbocycles. The van der Waals surface area contributed by atoms with Crippen LogP contribution in [0.15, 0.2) is 21.9 Å². The van der Waals surface area contributed by atoms with Crippen molar-refractivity contribution >= 4 is 28.6 Å². The fraction of sp³-hybridized carbons (Fsp3) is 0.429. The molecule has 0 atom stereocenters. The third-order valence-electron chi connectivity index (χ3n) is 3.58. The van der Waals surface area contributed by atoms with Crippen LogP contribution in [0.5, 0.6) is 0 Å². The summed E-state index contributed by atoms with van der Waals surface area (Å²) >= 11 is 7.32. The monoisotopic (exact) mass is 309 g/mol. The Morgan fingerprint density at radius 2 is 1.85 bits per heavy atom. The van der Waals surface area contributed by atoms with Gasteiger partial charge in [0.2, 0.25) is 4.80 Å². The Labute approximate surface area is 126 Å². The maximum Gasteiger partial charge on any atom is 0.325 e. The highest BCUT2D eigenvalue weighted by molar-refractivity contribution is 7.06. The Morgan fingerprint density at radius 1 is 1.15 bits per heavy atom. The molecule has 0 spiro atoms. The van der Waals surface area contributed by atoms with E-state index in [0.717, 1.165) is 52.6 Å². The molecule has 2 heterocycles. The van der Waals surface area contributed by atoms with Gasteiger partial charge in [-0.1, -0.05) is 11.6 Å². The van der Waals surface area contributed by atoms with Gasteiger partial charge >= 0.3 is 4.87 Å². The van der Waals surface area contributed by atoms with Gasteiger partial charge in [-0.2, -0.15) is 0 Å². The zero-order chi connectivity index (χ0) is 14.3. The summed E-state index contributed by atoms with van der Waals surface area (Å²) in [7, 11) is 0. The standard InChI is InChI=1S/C14H16ClN3OS/c1-9-8-12(10(2)7-11(9)15)16-13-17-5-3-4-6-18(17)14(19)20-13/h7-8H,3-6H2,1-2H3. The molecule has 0 bridgehead atoms. The summed E-state index contributed by atoms with van der Waals surface area (Å²) in [4.78, 5) is 17.5. The Balaban J connectivity index is 2.19. The lowest BCUT2D eigenvalue weighted by atomic mass is 10.1. The number of rotatable bonds is 1. The van der Waals surface area contributed by atoms with E-state index in [1.807, 2.05) is 30.7 Å². The van der Waals surface area contributed by atoms with Crippen LogP contribution in [0.4, 0.5) is 5.69 Å². The van der Waals surface area contributed by atoms with Crippen molar-refractivity contribution in [3.05, 3.63) is 42.8 Å². The van der Waals surface area contributed by atoms with Crippen LogP contribution in [0, 0.1) is 13.8 Å². The molecule has 1 aromatic carbocycles. The number of halogens is 1. The Kier molecular flexibility index (Phi) is 3.56. The number of aromatic nitrogens is 2. The van der Waals surface area contributed by atoms with Crippen molar-refractivity contribution in [1.82, 2.24) is 9.36 Å². The number of hydrogen-bond acceptors (Lipinski definition) is 3. The first-order valence-corrected chi connectivity index (χ1v) is 7.88. The van der Waals surface area contributed by atoms with Crippen LogP contribution in [0.25, 0.3) is 0 Å². The largest absolute Gasteiger partial charge is 0.325 e. The molecule has 0 saturated heterocycles. The van der Waals surface area contributed by atoms with Gasteiger partial charge in [0.05, 0.1) is 5.69 Å². The molecule has 1 aromatic heterocycles. The van der Waals surface area contributed by atoms with Gasteiger partial charge in [0.25, 0.3) is 0 Å². The van der Waals surface area contributed by atoms with E-state index in [4.69, 9.17) is 11.6 Å². The lowest BCUT2D eigenvalue weighted by Crippen LogP contribution is -2.31. The summed E-state index contributed by atoms with van der Waals surface area (Å²) in [6.07, 6.45) is 2.16. The number of aryl methyl sites for hydroxylation is 2. The molecule has 1 aliphatic heterocycles. The van der Waals surface area contributed by atoms with Gasteiger partial charge in [0.1, 0.15) is 0 Å². The molecule has 0 radical (unpaired) electrons. The van der Waals surface area contributed by atoms with Crippen LogP contribution in [-0.4, -0.2) is 9.36 Å². The van der Waals surface area contributed by atoms with Crippen LogP contribution in [0.2, 0.25) is 5.02 Å². The molecule has 20 heavy (non-hydrogen) atoms. The van der Waals surface area contributed by atoms with Crippen LogP contribution >= 0.6 is 22.9 Å². The molecule has 0 saturated carbocycles. The zero-order valence-corrected chi connectivity index (χ0v) is 13.1. The molecule has 6 heteroatoms. The number of nitrogens with zero attached hydrogens (tertiary/aromatic N) is 3. The third-order valence-corrected chi connectivity index (χ3v) is 4.86. The van der Waals surface area contributed by atoms with E-state index < -0.39 is 0 Å². The molecule has 106 valence electrons. The summed E-state index contributed by atoms with van der Waals surface area (Å²) in [5.41, 5.74) is 2.91. The lowest BCUT2D eigenvalue weighted by Gasteiger charge is -2.15. The average molecular weight is 310 g/mol. The second-order valence-electron chi connectivity index (χ2n) is 5.10. The summed E-state index contributed by atoms with van der Waals surface area (Å²) in [5, 5.41) is 0.751. The van der Waals surface area contributed by atoms with Crippen molar-refractivity contribution in [3.63, 3.8) is 0 Å². The lowest BCUT2D eigenvalue weighted by molar-refractivity contribution is 0.345. The van der Waals surface area contributed by atoms with Gasteiger partial charge in [-0.05, 0) is 61.3 Å². The fourth-order valence-corrected chi connectivity index (χ4v) is 3.52. The van der Waals surface area contributed by atoms with Gasteiger partial charge in [0, 0.05) is 18.1 Å². The van der Waals surface area contributed by atoms with Crippen LogP contribution in [0.1, 0.15) is 24.0 Å². The highest BCUT2D eigenvalue weighted by Crippen LogP contribution is 2.25. The van der Waals surface area contributed by atoms with E-state index in [1.54, 1.807) is 4.68 Å². The Morgan fingerprint density at radius 3 is 2.60 bits per heavy atom. The van der Waals surface area contributed by atoms with Crippen LogP contribution in [0.3, 0.4) is 0 Å². The Hall–Kier alpha value is -1.33. The SMILES string of the molecule is Cc1cc(N=c2sc(=O)n3n2CCCC3)c(C)cc1Cl. The second kappa shape index (κ2) is 5.22. The fourth-order valence-electron chi connectivity index (χ4n) is 2.41. The molecule has 0 N–H and O–H groups in total. The molecular weight excluding hydrogens is 294 g/mol. The van der Waals surface area contributed by atoms with Crippen molar-refractivity contribution in [2.24, 2.45) is 4.99 Å². The molecule has 2 aromatic rings. The maximum absolute atomic E-state index is 12.0.